The highest BCUT2D eigenvalue weighted by molar-refractivity contribution is 6.02. The first-order valence-electron chi connectivity index (χ1n) is 8.87. The van der Waals surface area contributed by atoms with E-state index < -0.39 is 5.56 Å². The van der Waals surface area contributed by atoms with Gasteiger partial charge >= 0.3 is 0 Å². The number of ketones is 1. The molecule has 0 aromatic carbocycles. The molecule has 1 fully saturated rings. The third-order valence-electron chi connectivity index (χ3n) is 5.39. The zero-order chi connectivity index (χ0) is 17.5. The van der Waals surface area contributed by atoms with Gasteiger partial charge in [-0.15, -0.1) is 0 Å². The monoisotopic (exact) mass is 330 g/mol. The molecule has 2 aliphatic rings. The van der Waals surface area contributed by atoms with E-state index in [0.29, 0.717) is 30.0 Å². The average molecular weight is 330 g/mol. The highest BCUT2D eigenvalue weighted by Gasteiger charge is 2.33. The summed E-state index contributed by atoms with van der Waals surface area (Å²) in [5.74, 6) is 0.0508. The first kappa shape index (κ1) is 16.9. The highest BCUT2D eigenvalue weighted by Crippen LogP contribution is 2.33. The fraction of sp³-hybridized carbons (Fsp3) is 0.632. The first-order chi connectivity index (χ1) is 11.3. The SMILES string of the molecule is C[C@@H]1CCCC[C@@H]1NC(=O)c1cc2c([nH]c1=O)CC(C)(C)CC2=O. The molecule has 1 heterocycles. The van der Waals surface area contributed by atoms with Crippen LogP contribution in [0.3, 0.4) is 0 Å². The van der Waals surface area contributed by atoms with Crippen LogP contribution in [0.4, 0.5) is 0 Å². The second kappa shape index (κ2) is 6.19. The molecule has 5 nitrogen and oxygen atoms in total. The summed E-state index contributed by atoms with van der Waals surface area (Å²) in [6.07, 6.45) is 5.42. The van der Waals surface area contributed by atoms with E-state index in [9.17, 15) is 14.4 Å². The van der Waals surface area contributed by atoms with Crippen molar-refractivity contribution in [2.45, 2.75) is 65.3 Å². The molecular weight excluding hydrogens is 304 g/mol. The van der Waals surface area contributed by atoms with E-state index in [-0.39, 0.29) is 28.7 Å². The fourth-order valence-corrected chi connectivity index (χ4v) is 3.97. The summed E-state index contributed by atoms with van der Waals surface area (Å²) in [7, 11) is 0. The van der Waals surface area contributed by atoms with Crippen molar-refractivity contribution in [3.63, 3.8) is 0 Å². The van der Waals surface area contributed by atoms with Crippen LogP contribution in [0.25, 0.3) is 0 Å². The number of hydrogen-bond acceptors (Lipinski definition) is 3. The quantitative estimate of drug-likeness (QED) is 0.875. The summed E-state index contributed by atoms with van der Waals surface area (Å²) >= 11 is 0. The molecule has 2 N–H and O–H groups in total. The van der Waals surface area contributed by atoms with Gasteiger partial charge in [-0.25, -0.2) is 0 Å². The number of aromatic amines is 1. The standard InChI is InChI=1S/C19H26N2O3/c1-11-6-4-5-7-14(11)20-17(23)13-8-12-15(21-18(13)24)9-19(2,3)10-16(12)22/h8,11,14H,4-7,9-10H2,1-3H3,(H,20,23)(H,21,24)/t11-,14+/m1/s1. The van der Waals surface area contributed by atoms with Gasteiger partial charge in [0.05, 0.1) is 0 Å². The maximum atomic E-state index is 12.6. The molecule has 24 heavy (non-hydrogen) atoms. The lowest BCUT2D eigenvalue weighted by Crippen LogP contribution is -2.43. The lowest BCUT2D eigenvalue weighted by molar-refractivity contribution is 0.0907. The van der Waals surface area contributed by atoms with E-state index in [2.05, 4.69) is 17.2 Å². The van der Waals surface area contributed by atoms with Crippen LogP contribution in [0.2, 0.25) is 0 Å². The van der Waals surface area contributed by atoms with Crippen molar-refractivity contribution in [2.75, 3.05) is 0 Å². The van der Waals surface area contributed by atoms with Gasteiger partial charge < -0.3 is 10.3 Å². The van der Waals surface area contributed by atoms with Crippen molar-refractivity contribution in [1.29, 1.82) is 0 Å². The number of hydrogen-bond donors (Lipinski definition) is 2. The Labute approximate surface area is 142 Å². The molecule has 0 unspecified atom stereocenters. The van der Waals surface area contributed by atoms with Gasteiger partial charge in [0.1, 0.15) is 5.56 Å². The summed E-state index contributed by atoms with van der Waals surface area (Å²) in [5, 5.41) is 2.99. The maximum Gasteiger partial charge on any atom is 0.261 e. The molecule has 2 atom stereocenters. The van der Waals surface area contributed by atoms with E-state index in [0.717, 1.165) is 19.3 Å². The summed E-state index contributed by atoms with van der Waals surface area (Å²) in [5.41, 5.74) is 0.647. The first-order valence-corrected chi connectivity index (χ1v) is 8.87. The van der Waals surface area contributed by atoms with Crippen molar-refractivity contribution in [3.8, 4) is 0 Å². The van der Waals surface area contributed by atoms with Crippen LogP contribution in [0, 0.1) is 11.3 Å². The van der Waals surface area contributed by atoms with Crippen molar-refractivity contribution in [3.05, 3.63) is 33.2 Å². The smallest absolute Gasteiger partial charge is 0.261 e. The molecule has 1 saturated carbocycles. The molecule has 1 amide bonds. The number of nitrogens with one attached hydrogen (secondary N) is 2. The maximum absolute atomic E-state index is 12.6. The van der Waals surface area contributed by atoms with Gasteiger partial charge in [-0.05, 0) is 36.7 Å². The van der Waals surface area contributed by atoms with E-state index in [1.54, 1.807) is 0 Å². The van der Waals surface area contributed by atoms with Gasteiger partial charge in [0.15, 0.2) is 5.78 Å². The number of pyridine rings is 1. The van der Waals surface area contributed by atoms with Gasteiger partial charge in [-0.2, -0.15) is 0 Å². The Hall–Kier alpha value is -1.91. The molecule has 5 heteroatoms. The van der Waals surface area contributed by atoms with Crippen molar-refractivity contribution in [1.82, 2.24) is 10.3 Å². The van der Waals surface area contributed by atoms with Crippen LogP contribution in [0.15, 0.2) is 10.9 Å². The van der Waals surface area contributed by atoms with Gasteiger partial charge in [0.25, 0.3) is 11.5 Å². The Kier molecular flexibility index (Phi) is 4.37. The second-order valence-corrected chi connectivity index (χ2v) is 8.19. The summed E-state index contributed by atoms with van der Waals surface area (Å²) < 4.78 is 0. The molecule has 0 aliphatic heterocycles. The van der Waals surface area contributed by atoms with Gasteiger partial charge in [0.2, 0.25) is 0 Å². The Bertz CT molecular complexity index is 733. The number of carbonyl (C=O) groups excluding carboxylic acids is 2. The molecule has 1 aromatic rings. The van der Waals surface area contributed by atoms with E-state index >= 15 is 0 Å². The van der Waals surface area contributed by atoms with E-state index in [1.807, 2.05) is 13.8 Å². The van der Waals surface area contributed by atoms with Crippen LogP contribution in [0.1, 0.15) is 79.3 Å². The number of fused-ring (bicyclic) bond motifs is 1. The molecule has 0 spiro atoms. The van der Waals surface area contributed by atoms with Crippen LogP contribution >= 0.6 is 0 Å². The van der Waals surface area contributed by atoms with E-state index in [1.165, 1.54) is 12.5 Å². The van der Waals surface area contributed by atoms with Gasteiger partial charge in [0, 0.05) is 23.7 Å². The zero-order valence-corrected chi connectivity index (χ0v) is 14.7. The number of H-pyrrole nitrogens is 1. The van der Waals surface area contributed by atoms with Crippen LogP contribution in [-0.2, 0) is 6.42 Å². The molecule has 2 aliphatic carbocycles. The van der Waals surface area contributed by atoms with Crippen molar-refractivity contribution < 1.29 is 9.59 Å². The van der Waals surface area contributed by atoms with Crippen LogP contribution in [0.5, 0.6) is 0 Å². The predicted octanol–water partition coefficient (Wildman–Crippen LogP) is 2.84. The van der Waals surface area contributed by atoms with Crippen molar-refractivity contribution in [2.24, 2.45) is 11.3 Å². The number of aromatic nitrogens is 1. The lowest BCUT2D eigenvalue weighted by atomic mass is 9.75. The Morgan fingerprint density at radius 3 is 2.62 bits per heavy atom. The Balaban J connectivity index is 1.87. The fourth-order valence-electron chi connectivity index (χ4n) is 3.97. The normalized spacial score (nSPS) is 25.9. The minimum atomic E-state index is -0.403. The molecule has 0 saturated heterocycles. The number of rotatable bonds is 2. The minimum Gasteiger partial charge on any atom is -0.349 e. The second-order valence-electron chi connectivity index (χ2n) is 8.19. The third kappa shape index (κ3) is 3.30. The van der Waals surface area contributed by atoms with Gasteiger partial charge in [-0.1, -0.05) is 33.6 Å². The number of amides is 1. The van der Waals surface area contributed by atoms with Crippen LogP contribution < -0.4 is 10.9 Å². The highest BCUT2D eigenvalue weighted by atomic mass is 16.2. The van der Waals surface area contributed by atoms with Crippen LogP contribution in [-0.4, -0.2) is 22.7 Å². The molecule has 130 valence electrons. The average Bonchev–Trinajstić information content (AvgIpc) is 2.47. The zero-order valence-electron chi connectivity index (χ0n) is 14.7. The number of Topliss-reactive ketones (excluding diaryl/α,β-unsaturated/α-hetero) is 1. The Morgan fingerprint density at radius 1 is 1.21 bits per heavy atom. The molecule has 1 aromatic heterocycles. The molecule has 0 bridgehead atoms. The third-order valence-corrected chi connectivity index (χ3v) is 5.39. The topological polar surface area (TPSA) is 79.0 Å². The number of carbonyl (C=O) groups is 2. The molecule has 0 radical (unpaired) electrons. The predicted molar refractivity (Wildman–Crippen MR) is 92.4 cm³/mol. The molecule has 3 rings (SSSR count). The summed E-state index contributed by atoms with van der Waals surface area (Å²) in [6.45, 7) is 6.15. The lowest BCUT2D eigenvalue weighted by Gasteiger charge is -2.30. The summed E-state index contributed by atoms with van der Waals surface area (Å²) in [6, 6.07) is 1.60. The van der Waals surface area contributed by atoms with Crippen molar-refractivity contribution >= 4 is 11.7 Å². The Morgan fingerprint density at radius 2 is 1.92 bits per heavy atom. The van der Waals surface area contributed by atoms with E-state index in [4.69, 9.17) is 0 Å². The largest absolute Gasteiger partial charge is 0.349 e. The summed E-state index contributed by atoms with van der Waals surface area (Å²) in [4.78, 5) is 40.1. The minimum absolute atomic E-state index is 0.00224. The van der Waals surface area contributed by atoms with Gasteiger partial charge in [-0.3, -0.25) is 14.4 Å². The molecular formula is C19H26N2O3.